The summed E-state index contributed by atoms with van der Waals surface area (Å²) in [5.41, 5.74) is 5.57. The Labute approximate surface area is 140 Å². The van der Waals surface area contributed by atoms with Crippen LogP contribution in [0.25, 0.3) is 0 Å². The van der Waals surface area contributed by atoms with Gasteiger partial charge in [0.15, 0.2) is 0 Å². The molecule has 0 saturated carbocycles. The van der Waals surface area contributed by atoms with Gasteiger partial charge in [0.05, 0.1) is 5.92 Å². The molecule has 7 heteroatoms. The summed E-state index contributed by atoms with van der Waals surface area (Å²) in [6, 6.07) is 4.33. The number of amides is 2. The van der Waals surface area contributed by atoms with Gasteiger partial charge in [-0.05, 0) is 37.3 Å². The SMILES string of the molecule is O=C1CC(N2CCCC(C(=O)NCCc3cccs3)C2)CNN1. The lowest BCUT2D eigenvalue weighted by Gasteiger charge is -2.39. The first-order chi connectivity index (χ1) is 11.2. The van der Waals surface area contributed by atoms with E-state index < -0.39 is 0 Å². The second-order valence-electron chi connectivity index (χ2n) is 6.24. The van der Waals surface area contributed by atoms with Crippen molar-refractivity contribution in [3.63, 3.8) is 0 Å². The number of hydrogen-bond acceptors (Lipinski definition) is 5. The van der Waals surface area contributed by atoms with Crippen molar-refractivity contribution in [3.05, 3.63) is 22.4 Å². The monoisotopic (exact) mass is 336 g/mol. The third-order valence-corrected chi connectivity index (χ3v) is 5.51. The molecule has 2 fully saturated rings. The number of piperidine rings is 1. The second-order valence-corrected chi connectivity index (χ2v) is 7.27. The number of nitrogens with zero attached hydrogens (tertiary/aromatic N) is 1. The summed E-state index contributed by atoms with van der Waals surface area (Å²) in [6.07, 6.45) is 3.36. The van der Waals surface area contributed by atoms with Crippen LogP contribution in [-0.2, 0) is 16.0 Å². The molecule has 0 spiro atoms. The van der Waals surface area contributed by atoms with Gasteiger partial charge in [-0.3, -0.25) is 19.9 Å². The highest BCUT2D eigenvalue weighted by Gasteiger charge is 2.31. The van der Waals surface area contributed by atoms with Gasteiger partial charge in [0.2, 0.25) is 11.8 Å². The zero-order valence-electron chi connectivity index (χ0n) is 13.2. The molecule has 1 aromatic heterocycles. The lowest BCUT2D eigenvalue weighted by Crippen LogP contribution is -2.57. The van der Waals surface area contributed by atoms with Gasteiger partial charge >= 0.3 is 0 Å². The lowest BCUT2D eigenvalue weighted by molar-refractivity contribution is -0.128. The van der Waals surface area contributed by atoms with Crippen LogP contribution in [0.2, 0.25) is 0 Å². The van der Waals surface area contributed by atoms with Gasteiger partial charge in [-0.2, -0.15) is 0 Å². The molecule has 23 heavy (non-hydrogen) atoms. The Morgan fingerprint density at radius 3 is 3.17 bits per heavy atom. The van der Waals surface area contributed by atoms with Crippen LogP contribution < -0.4 is 16.2 Å². The third-order valence-electron chi connectivity index (χ3n) is 4.58. The number of hydrazine groups is 1. The van der Waals surface area contributed by atoms with Gasteiger partial charge in [-0.1, -0.05) is 6.07 Å². The Balaban J connectivity index is 1.45. The van der Waals surface area contributed by atoms with E-state index in [-0.39, 0.29) is 23.8 Å². The van der Waals surface area contributed by atoms with E-state index in [4.69, 9.17) is 0 Å². The molecule has 126 valence electrons. The molecular formula is C16H24N4O2S. The number of carbonyl (C=O) groups excluding carboxylic acids is 2. The summed E-state index contributed by atoms with van der Waals surface area (Å²) in [4.78, 5) is 27.5. The van der Waals surface area contributed by atoms with Crippen LogP contribution in [-0.4, -0.2) is 48.9 Å². The van der Waals surface area contributed by atoms with Crippen LogP contribution in [0.3, 0.4) is 0 Å². The van der Waals surface area contributed by atoms with Crippen LogP contribution in [0.15, 0.2) is 17.5 Å². The molecule has 0 radical (unpaired) electrons. The molecule has 2 unspecified atom stereocenters. The van der Waals surface area contributed by atoms with E-state index in [9.17, 15) is 9.59 Å². The van der Waals surface area contributed by atoms with Gasteiger partial charge in [-0.25, -0.2) is 5.43 Å². The molecule has 0 bridgehead atoms. The van der Waals surface area contributed by atoms with Crippen molar-refractivity contribution in [2.75, 3.05) is 26.2 Å². The number of likely N-dealkylation sites (tertiary alicyclic amines) is 1. The lowest BCUT2D eigenvalue weighted by atomic mass is 9.94. The predicted octanol–water partition coefficient (Wildman–Crippen LogP) is 0.512. The van der Waals surface area contributed by atoms with Crippen molar-refractivity contribution < 1.29 is 9.59 Å². The summed E-state index contributed by atoms with van der Waals surface area (Å²) < 4.78 is 0. The standard InChI is InChI=1S/C16H24N4O2S/c21-15-9-13(10-18-19-15)20-7-1-3-12(11-20)16(22)17-6-5-14-4-2-8-23-14/h2,4,8,12-13,18H,1,3,5-7,9-11H2,(H,17,22)(H,19,21). The molecule has 6 nitrogen and oxygen atoms in total. The van der Waals surface area contributed by atoms with E-state index in [1.54, 1.807) is 11.3 Å². The summed E-state index contributed by atoms with van der Waals surface area (Å²) in [7, 11) is 0. The summed E-state index contributed by atoms with van der Waals surface area (Å²) in [5.74, 6) is 0.223. The zero-order valence-corrected chi connectivity index (χ0v) is 14.0. The Kier molecular flexibility index (Phi) is 5.64. The van der Waals surface area contributed by atoms with E-state index >= 15 is 0 Å². The predicted molar refractivity (Wildman–Crippen MR) is 89.9 cm³/mol. The molecule has 3 N–H and O–H groups in total. The Bertz CT molecular complexity index is 534. The maximum Gasteiger partial charge on any atom is 0.235 e. The topological polar surface area (TPSA) is 73.5 Å². The summed E-state index contributed by atoms with van der Waals surface area (Å²) >= 11 is 1.73. The van der Waals surface area contributed by atoms with E-state index in [0.717, 1.165) is 38.9 Å². The van der Waals surface area contributed by atoms with E-state index in [0.29, 0.717) is 13.0 Å². The minimum absolute atomic E-state index is 0.0313. The van der Waals surface area contributed by atoms with Crippen molar-refractivity contribution in [3.8, 4) is 0 Å². The zero-order chi connectivity index (χ0) is 16.1. The molecule has 1 aromatic rings. The van der Waals surface area contributed by atoms with E-state index in [1.807, 2.05) is 6.07 Å². The van der Waals surface area contributed by atoms with Crippen molar-refractivity contribution in [1.29, 1.82) is 0 Å². The second kappa shape index (κ2) is 7.90. The van der Waals surface area contributed by atoms with E-state index in [1.165, 1.54) is 4.88 Å². The Morgan fingerprint density at radius 1 is 1.48 bits per heavy atom. The highest BCUT2D eigenvalue weighted by atomic mass is 32.1. The van der Waals surface area contributed by atoms with Crippen LogP contribution in [0.1, 0.15) is 24.1 Å². The first kappa shape index (κ1) is 16.4. The van der Waals surface area contributed by atoms with Gasteiger partial charge in [-0.15, -0.1) is 11.3 Å². The van der Waals surface area contributed by atoms with Gasteiger partial charge < -0.3 is 5.32 Å². The fraction of sp³-hybridized carbons (Fsp3) is 0.625. The van der Waals surface area contributed by atoms with Crippen molar-refractivity contribution in [1.82, 2.24) is 21.1 Å². The summed E-state index contributed by atoms with van der Waals surface area (Å²) in [5, 5.41) is 5.13. The number of rotatable bonds is 5. The quantitative estimate of drug-likeness (QED) is 0.733. The molecule has 2 atom stereocenters. The van der Waals surface area contributed by atoms with Gasteiger partial charge in [0.25, 0.3) is 0 Å². The van der Waals surface area contributed by atoms with Crippen LogP contribution >= 0.6 is 11.3 Å². The molecule has 2 aliphatic heterocycles. The summed E-state index contributed by atoms with van der Waals surface area (Å²) in [6.45, 7) is 3.17. The van der Waals surface area contributed by atoms with Crippen LogP contribution in [0.4, 0.5) is 0 Å². The average Bonchev–Trinajstić information content (AvgIpc) is 3.08. The highest BCUT2D eigenvalue weighted by molar-refractivity contribution is 7.09. The molecule has 2 amide bonds. The maximum absolute atomic E-state index is 12.4. The van der Waals surface area contributed by atoms with Crippen LogP contribution in [0, 0.1) is 5.92 Å². The molecule has 2 saturated heterocycles. The third kappa shape index (κ3) is 4.53. The molecular weight excluding hydrogens is 312 g/mol. The van der Waals surface area contributed by atoms with Gasteiger partial charge in [0.1, 0.15) is 0 Å². The molecule has 3 rings (SSSR count). The van der Waals surface area contributed by atoms with E-state index in [2.05, 4.69) is 32.5 Å². The first-order valence-electron chi connectivity index (χ1n) is 8.28. The van der Waals surface area contributed by atoms with Crippen molar-refractivity contribution >= 4 is 23.2 Å². The normalized spacial score (nSPS) is 25.8. The fourth-order valence-corrected chi connectivity index (χ4v) is 4.03. The number of hydrogen-bond donors (Lipinski definition) is 3. The highest BCUT2D eigenvalue weighted by Crippen LogP contribution is 2.20. The Morgan fingerprint density at radius 2 is 2.39 bits per heavy atom. The molecule has 0 aliphatic carbocycles. The van der Waals surface area contributed by atoms with Crippen molar-refractivity contribution in [2.24, 2.45) is 5.92 Å². The average molecular weight is 336 g/mol. The molecule has 3 heterocycles. The molecule has 0 aromatic carbocycles. The fourth-order valence-electron chi connectivity index (χ4n) is 3.32. The number of thiophene rings is 1. The van der Waals surface area contributed by atoms with Crippen LogP contribution in [0.5, 0.6) is 0 Å². The number of nitrogens with one attached hydrogen (secondary N) is 3. The largest absolute Gasteiger partial charge is 0.355 e. The molecule has 2 aliphatic rings. The minimum Gasteiger partial charge on any atom is -0.355 e. The van der Waals surface area contributed by atoms with Crippen molar-refractivity contribution in [2.45, 2.75) is 31.7 Å². The number of carbonyl (C=O) groups is 2. The maximum atomic E-state index is 12.4. The smallest absolute Gasteiger partial charge is 0.235 e. The first-order valence-corrected chi connectivity index (χ1v) is 9.16. The van der Waals surface area contributed by atoms with Gasteiger partial charge in [0, 0.05) is 37.0 Å². The Hall–Kier alpha value is -1.44. The minimum atomic E-state index is 0.0313.